The predicted octanol–water partition coefficient (Wildman–Crippen LogP) is 1.75. The second-order valence-corrected chi connectivity index (χ2v) is 5.85. The van der Waals surface area contributed by atoms with Gasteiger partial charge < -0.3 is 14.9 Å². The fourth-order valence-electron chi connectivity index (χ4n) is 3.06. The SMILES string of the molecule is CN(CCCO)C1CCN(c2ccc(C#N)cc2[N+](=O)[O-])CC1. The van der Waals surface area contributed by atoms with Gasteiger partial charge in [-0.25, -0.2) is 0 Å². The van der Waals surface area contributed by atoms with Crippen LogP contribution in [-0.2, 0) is 0 Å². The summed E-state index contributed by atoms with van der Waals surface area (Å²) in [6.45, 7) is 2.56. The average molecular weight is 318 g/mol. The van der Waals surface area contributed by atoms with E-state index in [4.69, 9.17) is 10.4 Å². The van der Waals surface area contributed by atoms with E-state index in [1.54, 1.807) is 12.1 Å². The minimum atomic E-state index is -0.421. The number of nitrogens with zero attached hydrogens (tertiary/aromatic N) is 4. The first-order chi connectivity index (χ1) is 11.1. The summed E-state index contributed by atoms with van der Waals surface area (Å²) >= 11 is 0. The summed E-state index contributed by atoms with van der Waals surface area (Å²) in [5.74, 6) is 0. The molecular weight excluding hydrogens is 296 g/mol. The second-order valence-electron chi connectivity index (χ2n) is 5.85. The lowest BCUT2D eigenvalue weighted by molar-refractivity contribution is -0.384. The summed E-state index contributed by atoms with van der Waals surface area (Å²) in [7, 11) is 2.06. The molecule has 1 aromatic carbocycles. The normalized spacial score (nSPS) is 15.7. The molecule has 1 heterocycles. The minimum absolute atomic E-state index is 0.00358. The van der Waals surface area contributed by atoms with Crippen LogP contribution in [0.1, 0.15) is 24.8 Å². The highest BCUT2D eigenvalue weighted by Crippen LogP contribution is 2.31. The van der Waals surface area contributed by atoms with Gasteiger partial charge in [-0.3, -0.25) is 10.1 Å². The number of hydrogen-bond acceptors (Lipinski definition) is 6. The molecule has 0 radical (unpaired) electrons. The highest BCUT2D eigenvalue weighted by Gasteiger charge is 2.26. The number of hydrogen-bond donors (Lipinski definition) is 1. The Morgan fingerprint density at radius 2 is 2.17 bits per heavy atom. The van der Waals surface area contributed by atoms with Crippen molar-refractivity contribution in [2.75, 3.05) is 38.2 Å². The van der Waals surface area contributed by atoms with E-state index in [9.17, 15) is 10.1 Å². The van der Waals surface area contributed by atoms with Crippen molar-refractivity contribution in [1.82, 2.24) is 4.90 Å². The number of benzene rings is 1. The molecule has 7 nitrogen and oxygen atoms in total. The summed E-state index contributed by atoms with van der Waals surface area (Å²) in [6, 6.07) is 7.03. The summed E-state index contributed by atoms with van der Waals surface area (Å²) in [5, 5.41) is 29.1. The van der Waals surface area contributed by atoms with Gasteiger partial charge in [0.1, 0.15) is 5.69 Å². The van der Waals surface area contributed by atoms with E-state index in [0.29, 0.717) is 17.3 Å². The highest BCUT2D eigenvalue weighted by atomic mass is 16.6. The van der Waals surface area contributed by atoms with Crippen LogP contribution in [0.2, 0.25) is 0 Å². The van der Waals surface area contributed by atoms with E-state index in [2.05, 4.69) is 11.9 Å². The molecule has 1 aromatic rings. The molecule has 1 aliphatic heterocycles. The first-order valence-corrected chi connectivity index (χ1v) is 7.81. The largest absolute Gasteiger partial charge is 0.396 e. The van der Waals surface area contributed by atoms with Crippen molar-refractivity contribution in [2.45, 2.75) is 25.3 Å². The van der Waals surface area contributed by atoms with Crippen LogP contribution in [0, 0.1) is 21.4 Å². The Kier molecular flexibility index (Phi) is 5.90. The van der Waals surface area contributed by atoms with Crippen molar-refractivity contribution < 1.29 is 10.0 Å². The van der Waals surface area contributed by atoms with Gasteiger partial charge in [-0.2, -0.15) is 5.26 Å². The molecule has 0 aliphatic carbocycles. The van der Waals surface area contributed by atoms with Crippen molar-refractivity contribution in [3.05, 3.63) is 33.9 Å². The number of anilines is 1. The number of rotatable bonds is 6. The summed E-state index contributed by atoms with van der Waals surface area (Å²) in [6.07, 6.45) is 2.62. The van der Waals surface area contributed by atoms with Crippen LogP contribution in [-0.4, -0.2) is 54.3 Å². The number of nitro benzene ring substituents is 1. The quantitative estimate of drug-likeness (QED) is 0.634. The van der Waals surface area contributed by atoms with Crippen LogP contribution in [0.25, 0.3) is 0 Å². The van der Waals surface area contributed by atoms with Crippen molar-refractivity contribution in [2.24, 2.45) is 0 Å². The van der Waals surface area contributed by atoms with Gasteiger partial charge in [-0.15, -0.1) is 0 Å². The standard InChI is InChI=1S/C16H22N4O3/c1-18(7-2-10-21)14-5-8-19(9-6-14)15-4-3-13(12-17)11-16(15)20(22)23/h3-4,11,14,21H,2,5-10H2,1H3. The third-order valence-electron chi connectivity index (χ3n) is 4.40. The number of aliphatic hydroxyl groups is 1. The predicted molar refractivity (Wildman–Crippen MR) is 87.4 cm³/mol. The van der Waals surface area contributed by atoms with E-state index >= 15 is 0 Å². The molecule has 1 saturated heterocycles. The molecule has 1 aliphatic rings. The lowest BCUT2D eigenvalue weighted by Gasteiger charge is -2.37. The van der Waals surface area contributed by atoms with E-state index in [0.717, 1.165) is 38.9 Å². The van der Waals surface area contributed by atoms with Crippen LogP contribution in [0.3, 0.4) is 0 Å². The fraction of sp³-hybridized carbons (Fsp3) is 0.562. The van der Waals surface area contributed by atoms with E-state index in [1.165, 1.54) is 6.07 Å². The van der Waals surface area contributed by atoms with E-state index in [-0.39, 0.29) is 12.3 Å². The van der Waals surface area contributed by atoms with E-state index < -0.39 is 4.92 Å². The van der Waals surface area contributed by atoms with E-state index in [1.807, 2.05) is 11.0 Å². The first-order valence-electron chi connectivity index (χ1n) is 7.81. The maximum absolute atomic E-state index is 11.3. The summed E-state index contributed by atoms with van der Waals surface area (Å²) in [5.41, 5.74) is 0.890. The first kappa shape index (κ1) is 17.2. The van der Waals surface area contributed by atoms with Crippen molar-refractivity contribution >= 4 is 11.4 Å². The molecule has 2 rings (SSSR count). The molecule has 0 saturated carbocycles. The van der Waals surface area contributed by atoms with Gasteiger partial charge in [0.2, 0.25) is 0 Å². The van der Waals surface area contributed by atoms with Crippen molar-refractivity contribution in [3.63, 3.8) is 0 Å². The molecule has 0 aromatic heterocycles. The van der Waals surface area contributed by atoms with Crippen molar-refractivity contribution in [1.29, 1.82) is 5.26 Å². The monoisotopic (exact) mass is 318 g/mol. The third kappa shape index (κ3) is 4.18. The molecule has 0 atom stereocenters. The van der Waals surface area contributed by atoms with Crippen molar-refractivity contribution in [3.8, 4) is 6.07 Å². The van der Waals surface area contributed by atoms with Gasteiger partial charge in [0.05, 0.1) is 16.6 Å². The molecule has 124 valence electrons. The van der Waals surface area contributed by atoms with Gasteiger partial charge in [0.15, 0.2) is 0 Å². The molecule has 23 heavy (non-hydrogen) atoms. The Hall–Kier alpha value is -2.17. The van der Waals surface area contributed by atoms with Gasteiger partial charge in [-0.1, -0.05) is 0 Å². The molecule has 0 amide bonds. The number of aliphatic hydroxyl groups excluding tert-OH is 1. The van der Waals surface area contributed by atoms with Crippen LogP contribution in [0.5, 0.6) is 0 Å². The molecular formula is C16H22N4O3. The second kappa shape index (κ2) is 7.90. The number of nitro groups is 1. The molecule has 0 unspecified atom stereocenters. The van der Waals surface area contributed by atoms with Gasteiger partial charge in [-0.05, 0) is 38.4 Å². The lowest BCUT2D eigenvalue weighted by Crippen LogP contribution is -2.44. The summed E-state index contributed by atoms with van der Waals surface area (Å²) in [4.78, 5) is 15.1. The lowest BCUT2D eigenvalue weighted by atomic mass is 10.0. The Morgan fingerprint density at radius 1 is 1.48 bits per heavy atom. The number of piperidine rings is 1. The molecule has 1 fully saturated rings. The van der Waals surface area contributed by atoms with Gasteiger partial charge in [0, 0.05) is 38.3 Å². The fourth-order valence-corrected chi connectivity index (χ4v) is 3.06. The topological polar surface area (TPSA) is 93.6 Å². The average Bonchev–Trinajstić information content (AvgIpc) is 2.59. The molecule has 1 N–H and O–H groups in total. The zero-order valence-corrected chi connectivity index (χ0v) is 13.3. The zero-order valence-electron chi connectivity index (χ0n) is 13.3. The molecule has 7 heteroatoms. The Balaban J connectivity index is 2.05. The molecule has 0 bridgehead atoms. The smallest absolute Gasteiger partial charge is 0.293 e. The Bertz CT molecular complexity index is 591. The Morgan fingerprint density at radius 3 is 2.74 bits per heavy atom. The van der Waals surface area contributed by atoms with Crippen LogP contribution < -0.4 is 4.90 Å². The Labute approximate surface area is 135 Å². The summed E-state index contributed by atoms with van der Waals surface area (Å²) < 4.78 is 0. The van der Waals surface area contributed by atoms with Gasteiger partial charge in [0.25, 0.3) is 5.69 Å². The van der Waals surface area contributed by atoms with Crippen LogP contribution in [0.4, 0.5) is 11.4 Å². The van der Waals surface area contributed by atoms with Crippen LogP contribution >= 0.6 is 0 Å². The zero-order chi connectivity index (χ0) is 16.8. The minimum Gasteiger partial charge on any atom is -0.396 e. The molecule has 0 spiro atoms. The third-order valence-corrected chi connectivity index (χ3v) is 4.40. The maximum Gasteiger partial charge on any atom is 0.293 e. The number of nitriles is 1. The van der Waals surface area contributed by atoms with Crippen LogP contribution in [0.15, 0.2) is 18.2 Å². The van der Waals surface area contributed by atoms with Gasteiger partial charge >= 0.3 is 0 Å². The highest BCUT2D eigenvalue weighted by molar-refractivity contribution is 5.65. The maximum atomic E-state index is 11.3.